The minimum absolute atomic E-state index is 0.413. The number of nitrogens with one attached hydrogen (secondary N) is 2. The third kappa shape index (κ3) is 4.82. The molecule has 5 nitrogen and oxygen atoms in total. The highest BCUT2D eigenvalue weighted by atomic mass is 35.5. The highest BCUT2D eigenvalue weighted by Gasteiger charge is 2.30. The Morgan fingerprint density at radius 1 is 1.00 bits per heavy atom. The summed E-state index contributed by atoms with van der Waals surface area (Å²) < 4.78 is 0. The Morgan fingerprint density at radius 2 is 1.71 bits per heavy atom. The van der Waals surface area contributed by atoms with Crippen LogP contribution in [0.5, 0.6) is 0 Å². The number of hydrazone groups is 2. The molecule has 0 aliphatic carbocycles. The Balaban J connectivity index is 1.89. The van der Waals surface area contributed by atoms with E-state index < -0.39 is 0 Å². The Labute approximate surface area is 191 Å². The van der Waals surface area contributed by atoms with Crippen molar-refractivity contribution in [2.75, 3.05) is 12.1 Å². The number of para-hydroxylation sites is 1. The molecule has 31 heavy (non-hydrogen) atoms. The molecule has 0 aromatic heterocycles. The van der Waals surface area contributed by atoms with Gasteiger partial charge in [0.25, 0.3) is 0 Å². The number of amidine groups is 1. The zero-order valence-electron chi connectivity index (χ0n) is 16.8. The zero-order valence-corrected chi connectivity index (χ0v) is 18.4. The van der Waals surface area contributed by atoms with Crippen LogP contribution < -0.4 is 15.8 Å². The average molecular weight is 446 g/mol. The molecule has 0 atom stereocenters. The van der Waals surface area contributed by atoms with Gasteiger partial charge >= 0.3 is 0 Å². The normalized spacial score (nSPS) is 15.8. The lowest BCUT2D eigenvalue weighted by Gasteiger charge is -2.16. The van der Waals surface area contributed by atoms with Gasteiger partial charge in [0, 0.05) is 23.2 Å². The maximum atomic E-state index is 6.23. The van der Waals surface area contributed by atoms with Crippen LogP contribution in [0.2, 0.25) is 5.02 Å². The van der Waals surface area contributed by atoms with Crippen LogP contribution in [-0.2, 0) is 0 Å². The van der Waals surface area contributed by atoms with E-state index in [0.29, 0.717) is 16.0 Å². The van der Waals surface area contributed by atoms with E-state index in [1.807, 2.05) is 96.0 Å². The summed E-state index contributed by atoms with van der Waals surface area (Å²) in [5.41, 5.74) is 7.38. The molecule has 3 aromatic rings. The van der Waals surface area contributed by atoms with Gasteiger partial charge in [0.2, 0.25) is 0 Å². The molecule has 1 aliphatic heterocycles. The van der Waals surface area contributed by atoms with Crippen molar-refractivity contribution in [3.8, 4) is 0 Å². The predicted octanol–water partition coefficient (Wildman–Crippen LogP) is 5.06. The zero-order chi connectivity index (χ0) is 21.6. The first-order valence-electron chi connectivity index (χ1n) is 9.68. The molecule has 0 unspecified atom stereocenters. The minimum atomic E-state index is 0.413. The lowest BCUT2D eigenvalue weighted by atomic mass is 10.00. The third-order valence-electron chi connectivity index (χ3n) is 4.59. The molecule has 0 radical (unpaired) electrons. The van der Waals surface area contributed by atoms with Crippen LogP contribution in [0.4, 0.5) is 5.69 Å². The van der Waals surface area contributed by atoms with E-state index in [1.165, 1.54) is 0 Å². The number of thiocarbonyl (C=S) groups is 1. The van der Waals surface area contributed by atoms with Crippen LogP contribution in [0.15, 0.2) is 101 Å². The van der Waals surface area contributed by atoms with E-state index in [-0.39, 0.29) is 0 Å². The molecule has 154 valence electrons. The number of halogens is 1. The summed E-state index contributed by atoms with van der Waals surface area (Å²) in [5.74, 6) is 0.627. The van der Waals surface area contributed by atoms with Gasteiger partial charge in [-0.3, -0.25) is 5.43 Å². The van der Waals surface area contributed by atoms with Crippen LogP contribution in [0, 0.1) is 0 Å². The van der Waals surface area contributed by atoms with Crippen molar-refractivity contribution in [1.29, 1.82) is 0 Å². The van der Waals surface area contributed by atoms with Gasteiger partial charge in [-0.05, 0) is 48.1 Å². The van der Waals surface area contributed by atoms with E-state index >= 15 is 0 Å². The second-order valence-electron chi connectivity index (χ2n) is 6.70. The molecule has 4 rings (SSSR count). The van der Waals surface area contributed by atoms with E-state index in [1.54, 1.807) is 7.05 Å². The van der Waals surface area contributed by atoms with Gasteiger partial charge in [-0.15, -0.1) is 0 Å². The molecule has 2 N–H and O–H groups in total. The highest BCUT2D eigenvalue weighted by Crippen LogP contribution is 2.29. The molecular formula is C24H20ClN5S. The molecule has 0 spiro atoms. The van der Waals surface area contributed by atoms with Crippen molar-refractivity contribution < 1.29 is 0 Å². The SMILES string of the molecule is CNC(=S)NN=C1C(=Cc2cccc(Cl)c2)C(c2ccccc2)=NN1c1ccccc1. The van der Waals surface area contributed by atoms with E-state index in [4.69, 9.17) is 28.9 Å². The smallest absolute Gasteiger partial charge is 0.186 e. The van der Waals surface area contributed by atoms with Gasteiger partial charge in [0.15, 0.2) is 10.9 Å². The second kappa shape index (κ2) is 9.55. The summed E-state index contributed by atoms with van der Waals surface area (Å²) in [4.78, 5) is 0. The van der Waals surface area contributed by atoms with Crippen molar-refractivity contribution in [1.82, 2.24) is 10.7 Å². The fourth-order valence-corrected chi connectivity index (χ4v) is 3.39. The summed E-state index contributed by atoms with van der Waals surface area (Å²) in [6, 6.07) is 27.6. The lowest BCUT2D eigenvalue weighted by Crippen LogP contribution is -2.32. The molecule has 1 heterocycles. The fraction of sp³-hybridized carbons (Fsp3) is 0.0417. The topological polar surface area (TPSA) is 52.0 Å². The maximum Gasteiger partial charge on any atom is 0.186 e. The Morgan fingerprint density at radius 3 is 2.39 bits per heavy atom. The Kier molecular flexibility index (Phi) is 6.40. The van der Waals surface area contributed by atoms with Crippen molar-refractivity contribution in [2.24, 2.45) is 10.2 Å². The highest BCUT2D eigenvalue weighted by molar-refractivity contribution is 7.80. The molecule has 0 saturated heterocycles. The van der Waals surface area contributed by atoms with Gasteiger partial charge in [-0.2, -0.15) is 10.2 Å². The first-order chi connectivity index (χ1) is 15.2. The summed E-state index contributed by atoms with van der Waals surface area (Å²) in [7, 11) is 1.74. The standard InChI is InChI=1S/C24H20ClN5S/c1-26-24(31)28-27-23-21(16-17-9-8-12-19(25)15-17)22(18-10-4-2-5-11-18)29-30(23)20-13-6-3-7-14-20/h2-16H,1H3,(H2,26,28,31). The van der Waals surface area contributed by atoms with Gasteiger partial charge < -0.3 is 5.32 Å². The number of anilines is 1. The first kappa shape index (κ1) is 20.8. The molecule has 1 aliphatic rings. The monoisotopic (exact) mass is 445 g/mol. The number of hydrogen-bond donors (Lipinski definition) is 2. The molecule has 0 amide bonds. The summed E-state index contributed by atoms with van der Waals surface area (Å²) >= 11 is 11.5. The van der Waals surface area contributed by atoms with Crippen LogP contribution in [-0.4, -0.2) is 23.7 Å². The van der Waals surface area contributed by atoms with Crippen LogP contribution in [0.3, 0.4) is 0 Å². The molecular weight excluding hydrogens is 426 g/mol. The number of rotatable bonds is 4. The molecule has 7 heteroatoms. The number of hydrogen-bond acceptors (Lipinski definition) is 3. The third-order valence-corrected chi connectivity index (χ3v) is 5.13. The number of benzene rings is 3. The van der Waals surface area contributed by atoms with Crippen LogP contribution in [0.25, 0.3) is 6.08 Å². The predicted molar refractivity (Wildman–Crippen MR) is 134 cm³/mol. The quantitative estimate of drug-likeness (QED) is 0.435. The maximum absolute atomic E-state index is 6.23. The van der Waals surface area contributed by atoms with Crippen molar-refractivity contribution in [3.05, 3.63) is 107 Å². The van der Waals surface area contributed by atoms with Crippen molar-refractivity contribution in [3.63, 3.8) is 0 Å². The number of nitrogens with zero attached hydrogens (tertiary/aromatic N) is 3. The van der Waals surface area contributed by atoms with Gasteiger partial charge in [0.1, 0.15) is 5.71 Å². The van der Waals surface area contributed by atoms with Gasteiger partial charge in [-0.25, -0.2) is 5.01 Å². The van der Waals surface area contributed by atoms with Gasteiger partial charge in [-0.1, -0.05) is 72.3 Å². The van der Waals surface area contributed by atoms with Crippen LogP contribution >= 0.6 is 23.8 Å². The largest absolute Gasteiger partial charge is 0.364 e. The van der Waals surface area contributed by atoms with E-state index in [0.717, 1.165) is 28.1 Å². The second-order valence-corrected chi connectivity index (χ2v) is 7.55. The first-order valence-corrected chi connectivity index (χ1v) is 10.5. The van der Waals surface area contributed by atoms with Crippen molar-refractivity contribution in [2.45, 2.75) is 0 Å². The van der Waals surface area contributed by atoms with Crippen molar-refractivity contribution >= 4 is 52.2 Å². The average Bonchev–Trinajstić information content (AvgIpc) is 3.16. The molecule has 0 saturated carbocycles. The summed E-state index contributed by atoms with van der Waals surface area (Å²) in [6.07, 6.45) is 2.03. The Hall–Kier alpha value is -3.48. The van der Waals surface area contributed by atoms with E-state index in [9.17, 15) is 0 Å². The molecule has 0 bridgehead atoms. The fourth-order valence-electron chi connectivity index (χ4n) is 3.14. The summed E-state index contributed by atoms with van der Waals surface area (Å²) in [6.45, 7) is 0. The van der Waals surface area contributed by atoms with Crippen LogP contribution in [0.1, 0.15) is 11.1 Å². The van der Waals surface area contributed by atoms with E-state index in [2.05, 4.69) is 15.8 Å². The minimum Gasteiger partial charge on any atom is -0.364 e. The summed E-state index contributed by atoms with van der Waals surface area (Å²) in [5, 5.41) is 15.3. The molecule has 3 aromatic carbocycles. The lowest BCUT2D eigenvalue weighted by molar-refractivity contribution is 0.963. The molecule has 0 fully saturated rings. The van der Waals surface area contributed by atoms with Gasteiger partial charge in [0.05, 0.1) is 5.69 Å². The Bertz CT molecular complexity index is 1170.